The van der Waals surface area contributed by atoms with Crippen molar-refractivity contribution in [3.05, 3.63) is 12.0 Å². The highest BCUT2D eigenvalue weighted by Gasteiger charge is 2.11. The molecule has 0 amide bonds. The van der Waals surface area contributed by atoms with Gasteiger partial charge in [0.15, 0.2) is 5.65 Å². The van der Waals surface area contributed by atoms with Crippen LogP contribution in [0.3, 0.4) is 0 Å². The van der Waals surface area contributed by atoms with Crippen molar-refractivity contribution in [2.24, 2.45) is 0 Å². The average molecular weight is 289 g/mol. The van der Waals surface area contributed by atoms with Crippen molar-refractivity contribution in [3.63, 3.8) is 0 Å². The molecule has 2 aromatic heterocycles. The summed E-state index contributed by atoms with van der Waals surface area (Å²) in [5.41, 5.74) is 7.11. The Hall–Kier alpha value is -2.20. The number of nitrogen functional groups attached to an aromatic ring is 1. The summed E-state index contributed by atoms with van der Waals surface area (Å²) < 4.78 is 0. The summed E-state index contributed by atoms with van der Waals surface area (Å²) in [7, 11) is 0. The van der Waals surface area contributed by atoms with Crippen LogP contribution in [0.5, 0.6) is 0 Å². The second-order valence-corrected chi connectivity index (χ2v) is 4.46. The quantitative estimate of drug-likeness (QED) is 0.738. The maximum Gasteiger partial charge on any atom is 0.186 e. The van der Waals surface area contributed by atoms with E-state index in [-0.39, 0.29) is 0 Å². The fourth-order valence-corrected chi connectivity index (χ4v) is 2.07. The zero-order valence-electron chi connectivity index (χ0n) is 12.8. The van der Waals surface area contributed by atoms with Crippen LogP contribution in [0, 0.1) is 18.3 Å². The van der Waals surface area contributed by atoms with Crippen molar-refractivity contribution in [2.45, 2.75) is 46.1 Å². The molecule has 0 aromatic carbocycles. The van der Waals surface area contributed by atoms with Gasteiger partial charge in [0.1, 0.15) is 12.1 Å². The molecule has 0 radical (unpaired) electrons. The van der Waals surface area contributed by atoms with E-state index in [0.717, 1.165) is 17.6 Å². The Labute approximate surface area is 125 Å². The van der Waals surface area contributed by atoms with Gasteiger partial charge in [-0.15, -0.1) is 0 Å². The molecule has 1 unspecified atom stereocenters. The zero-order chi connectivity index (χ0) is 15.7. The number of nitrogens with zero attached hydrogens (tertiary/aromatic N) is 4. The van der Waals surface area contributed by atoms with Crippen LogP contribution in [-0.2, 0) is 0 Å². The van der Waals surface area contributed by atoms with Crippen LogP contribution in [0.1, 0.15) is 38.8 Å². The lowest BCUT2D eigenvalue weighted by Crippen LogP contribution is -2.19. The van der Waals surface area contributed by atoms with Gasteiger partial charge in [0, 0.05) is 11.7 Å². The minimum absolute atomic E-state index is 0.473. The van der Waals surface area contributed by atoms with Gasteiger partial charge in [-0.05, 0) is 26.3 Å². The third-order valence-corrected chi connectivity index (χ3v) is 3.06. The molecule has 3 rings (SSSR count). The number of hydrogen-bond donors (Lipinski definition) is 3. The van der Waals surface area contributed by atoms with Gasteiger partial charge in [0.25, 0.3) is 0 Å². The highest BCUT2D eigenvalue weighted by atomic mass is 15.2. The van der Waals surface area contributed by atoms with Crippen LogP contribution in [0.4, 0.5) is 5.82 Å². The highest BCUT2D eigenvalue weighted by molar-refractivity contribution is 5.87. The van der Waals surface area contributed by atoms with Gasteiger partial charge in [-0.2, -0.15) is 10.4 Å². The summed E-state index contributed by atoms with van der Waals surface area (Å²) >= 11 is 0. The highest BCUT2D eigenvalue weighted by Crippen LogP contribution is 2.16. The first kappa shape index (κ1) is 16.9. The molecule has 1 aliphatic rings. The third kappa shape index (κ3) is 4.68. The Bertz CT molecular complexity index is 579. The van der Waals surface area contributed by atoms with E-state index in [0.29, 0.717) is 23.9 Å². The molecule has 0 spiro atoms. The van der Waals surface area contributed by atoms with E-state index in [9.17, 15) is 0 Å². The van der Waals surface area contributed by atoms with Crippen molar-refractivity contribution >= 4 is 16.9 Å². The van der Waals surface area contributed by atoms with Crippen molar-refractivity contribution in [2.75, 3.05) is 12.3 Å². The number of fused-ring (bicyclic) bond motifs is 1. The Balaban J connectivity index is 0.000000196. The topological polar surface area (TPSA) is 116 Å². The molecule has 21 heavy (non-hydrogen) atoms. The van der Waals surface area contributed by atoms with Gasteiger partial charge in [0.2, 0.25) is 0 Å². The summed E-state index contributed by atoms with van der Waals surface area (Å²) in [5, 5.41) is 19.0. The average Bonchev–Trinajstić information content (AvgIpc) is 3.13. The molecular formula is C14H23N7. The number of aromatic amines is 1. The molecule has 1 saturated heterocycles. The van der Waals surface area contributed by atoms with Crippen LogP contribution in [0.2, 0.25) is 0 Å². The van der Waals surface area contributed by atoms with Crippen LogP contribution in [-0.4, -0.2) is 32.8 Å². The van der Waals surface area contributed by atoms with Gasteiger partial charge in [-0.3, -0.25) is 5.10 Å². The molecule has 1 fully saturated rings. The van der Waals surface area contributed by atoms with Crippen molar-refractivity contribution in [3.8, 4) is 6.07 Å². The molecular weight excluding hydrogens is 266 g/mol. The van der Waals surface area contributed by atoms with Crippen LogP contribution in [0.25, 0.3) is 11.0 Å². The minimum Gasteiger partial charge on any atom is -0.383 e. The summed E-state index contributed by atoms with van der Waals surface area (Å²) in [4.78, 5) is 7.78. The molecule has 4 N–H and O–H groups in total. The number of aryl methyl sites for hydroxylation is 1. The molecule has 3 heterocycles. The zero-order valence-corrected chi connectivity index (χ0v) is 12.8. The van der Waals surface area contributed by atoms with E-state index in [1.807, 2.05) is 20.8 Å². The van der Waals surface area contributed by atoms with E-state index >= 15 is 0 Å². The van der Waals surface area contributed by atoms with Gasteiger partial charge in [-0.25, -0.2) is 9.97 Å². The first-order valence-corrected chi connectivity index (χ1v) is 7.24. The van der Waals surface area contributed by atoms with Crippen LogP contribution < -0.4 is 11.1 Å². The third-order valence-electron chi connectivity index (χ3n) is 3.06. The second kappa shape index (κ2) is 8.87. The van der Waals surface area contributed by atoms with E-state index in [4.69, 9.17) is 11.0 Å². The fourth-order valence-electron chi connectivity index (χ4n) is 2.07. The molecule has 0 bridgehead atoms. The molecule has 1 aliphatic heterocycles. The van der Waals surface area contributed by atoms with Gasteiger partial charge < -0.3 is 11.1 Å². The molecule has 2 aromatic rings. The Morgan fingerprint density at radius 2 is 2.19 bits per heavy atom. The Morgan fingerprint density at radius 1 is 1.43 bits per heavy atom. The summed E-state index contributed by atoms with van der Waals surface area (Å²) in [6, 6.07) is 2.65. The van der Waals surface area contributed by atoms with Gasteiger partial charge in [-0.1, -0.05) is 13.8 Å². The Morgan fingerprint density at radius 3 is 2.76 bits per heavy atom. The SMILES string of the molecule is CC.Cc1[nH]nc2ncnc(N)c12.N#CCC1CCCN1. The number of H-pyrrole nitrogens is 1. The first-order valence-electron chi connectivity index (χ1n) is 7.24. The van der Waals surface area contributed by atoms with Crippen molar-refractivity contribution in [1.29, 1.82) is 5.26 Å². The number of nitrogens with one attached hydrogen (secondary N) is 2. The fraction of sp³-hybridized carbons (Fsp3) is 0.571. The Kier molecular flexibility index (Phi) is 7.12. The number of aromatic nitrogens is 4. The number of nitriles is 1. The molecule has 114 valence electrons. The lowest BCUT2D eigenvalue weighted by Gasteiger charge is -2.00. The number of nitrogens with two attached hydrogens (primary N) is 1. The van der Waals surface area contributed by atoms with E-state index < -0.39 is 0 Å². The van der Waals surface area contributed by atoms with E-state index in [1.165, 1.54) is 19.2 Å². The normalized spacial score (nSPS) is 16.4. The predicted octanol–water partition coefficient (Wildman–Crippen LogP) is 1.92. The molecule has 7 nitrogen and oxygen atoms in total. The molecule has 7 heteroatoms. The van der Waals surface area contributed by atoms with Crippen LogP contribution in [0.15, 0.2) is 6.33 Å². The lowest BCUT2D eigenvalue weighted by molar-refractivity contribution is 0.620. The first-order chi connectivity index (χ1) is 10.2. The lowest BCUT2D eigenvalue weighted by atomic mass is 10.2. The largest absolute Gasteiger partial charge is 0.383 e. The molecule has 1 atom stereocenters. The monoisotopic (exact) mass is 289 g/mol. The molecule has 0 aliphatic carbocycles. The number of anilines is 1. The summed E-state index contributed by atoms with van der Waals surface area (Å²) in [6.45, 7) is 6.99. The summed E-state index contributed by atoms with van der Waals surface area (Å²) in [6.07, 6.45) is 4.51. The van der Waals surface area contributed by atoms with Crippen molar-refractivity contribution < 1.29 is 0 Å². The van der Waals surface area contributed by atoms with Gasteiger partial charge >= 0.3 is 0 Å². The molecule has 0 saturated carbocycles. The van der Waals surface area contributed by atoms with E-state index in [2.05, 4.69) is 31.6 Å². The number of hydrogen-bond acceptors (Lipinski definition) is 6. The maximum atomic E-state index is 8.24. The minimum atomic E-state index is 0.473. The van der Waals surface area contributed by atoms with Crippen LogP contribution >= 0.6 is 0 Å². The van der Waals surface area contributed by atoms with Gasteiger partial charge in [0.05, 0.1) is 17.9 Å². The number of rotatable bonds is 1. The van der Waals surface area contributed by atoms with E-state index in [1.54, 1.807) is 0 Å². The second-order valence-electron chi connectivity index (χ2n) is 4.46. The summed E-state index contributed by atoms with van der Waals surface area (Å²) in [5.74, 6) is 0.473. The van der Waals surface area contributed by atoms with Crippen molar-refractivity contribution in [1.82, 2.24) is 25.5 Å². The standard InChI is InChI=1S/C6H7N5.C6H10N2.C2H6/c1-3-4-5(7)8-2-9-6(4)11-10-3;7-4-3-6-2-1-5-8-6;1-2/h2H,1H3,(H3,7,8,9,10,11);6,8H,1-3,5H2;1-2H3. The maximum absolute atomic E-state index is 8.24. The predicted molar refractivity (Wildman–Crippen MR) is 83.4 cm³/mol. The smallest absolute Gasteiger partial charge is 0.186 e.